The molecule has 2 aromatic heterocycles. The Morgan fingerprint density at radius 1 is 1.17 bits per heavy atom. The molecule has 11 heteroatoms. The molecule has 1 atom stereocenters. The second kappa shape index (κ2) is 10.2. The summed E-state index contributed by atoms with van der Waals surface area (Å²) in [6.07, 6.45) is 4.36. The highest BCUT2D eigenvalue weighted by Crippen LogP contribution is 2.30. The first-order chi connectivity index (χ1) is 16.9. The highest BCUT2D eigenvalue weighted by Gasteiger charge is 2.23. The third-order valence-electron chi connectivity index (χ3n) is 5.29. The number of benzene rings is 2. The van der Waals surface area contributed by atoms with E-state index < -0.39 is 24.5 Å². The van der Waals surface area contributed by atoms with Crippen LogP contribution in [0.2, 0.25) is 0 Å². The molecule has 0 spiro atoms. The van der Waals surface area contributed by atoms with E-state index in [0.717, 1.165) is 16.6 Å². The van der Waals surface area contributed by atoms with Crippen LogP contribution in [0.1, 0.15) is 15.9 Å². The van der Waals surface area contributed by atoms with Crippen molar-refractivity contribution in [3.63, 3.8) is 0 Å². The second-order valence-electron chi connectivity index (χ2n) is 7.73. The first-order valence-corrected chi connectivity index (χ1v) is 10.7. The van der Waals surface area contributed by atoms with E-state index in [1.54, 1.807) is 18.5 Å². The van der Waals surface area contributed by atoms with E-state index in [1.807, 2.05) is 42.8 Å². The molecule has 3 N–H and O–H groups in total. The molecule has 35 heavy (non-hydrogen) atoms. The lowest BCUT2D eigenvalue weighted by atomic mass is 10.2. The van der Waals surface area contributed by atoms with Crippen molar-refractivity contribution in [3.8, 4) is 11.5 Å². The number of anilines is 2. The topological polar surface area (TPSA) is 140 Å². The lowest BCUT2D eigenvalue weighted by Gasteiger charge is -2.16. The van der Waals surface area contributed by atoms with Crippen LogP contribution in [0.4, 0.5) is 11.5 Å². The van der Waals surface area contributed by atoms with Gasteiger partial charge in [-0.1, -0.05) is 0 Å². The van der Waals surface area contributed by atoms with Gasteiger partial charge < -0.3 is 29.8 Å². The molecule has 0 bridgehead atoms. The maximum absolute atomic E-state index is 12.7. The number of carbonyl (C=O) groups excluding carboxylic acids is 2. The molecule has 2 heterocycles. The van der Waals surface area contributed by atoms with Crippen molar-refractivity contribution in [2.45, 2.75) is 13.0 Å². The zero-order chi connectivity index (χ0) is 24.9. The zero-order valence-corrected chi connectivity index (χ0v) is 19.3. The van der Waals surface area contributed by atoms with Gasteiger partial charge in [0.2, 0.25) is 0 Å². The molecular weight excluding hydrogens is 452 g/mol. The standard InChI is InChI=1S/C24H24N6O5/c1-14-8-15(4-7-21(14)35-16-5-6-20-18(9-16)27-13-30(20)2)28-22-17(10-25-12-26-22)23(32)29-19(11-31)24(33)34-3/h4-10,12-13,19,31H,11H2,1-3H3,(H,29,32)(H,25,26,28)/t19-/m0/s1. The summed E-state index contributed by atoms with van der Waals surface area (Å²) < 4.78 is 12.6. The Morgan fingerprint density at radius 2 is 2.00 bits per heavy atom. The summed E-state index contributed by atoms with van der Waals surface area (Å²) in [7, 11) is 3.10. The number of nitrogens with zero attached hydrogens (tertiary/aromatic N) is 4. The fourth-order valence-electron chi connectivity index (χ4n) is 3.44. The summed E-state index contributed by atoms with van der Waals surface area (Å²) in [6, 6.07) is 9.95. The van der Waals surface area contributed by atoms with Gasteiger partial charge in [-0.05, 0) is 42.8 Å². The number of esters is 1. The minimum atomic E-state index is -1.20. The highest BCUT2D eigenvalue weighted by atomic mass is 16.5. The first-order valence-electron chi connectivity index (χ1n) is 10.7. The van der Waals surface area contributed by atoms with Crippen LogP contribution in [0.3, 0.4) is 0 Å². The number of carbonyl (C=O) groups is 2. The third-order valence-corrected chi connectivity index (χ3v) is 5.29. The van der Waals surface area contributed by atoms with E-state index in [2.05, 4.69) is 30.3 Å². The second-order valence-corrected chi connectivity index (χ2v) is 7.73. The van der Waals surface area contributed by atoms with Crippen molar-refractivity contribution in [1.82, 2.24) is 24.8 Å². The Bertz CT molecular complexity index is 1390. The number of rotatable bonds is 8. The lowest BCUT2D eigenvalue weighted by molar-refractivity contribution is -0.143. The van der Waals surface area contributed by atoms with E-state index in [1.165, 1.54) is 19.6 Å². The smallest absolute Gasteiger partial charge is 0.330 e. The van der Waals surface area contributed by atoms with Crippen LogP contribution in [0.15, 0.2) is 55.2 Å². The number of aryl methyl sites for hydroxylation is 2. The molecule has 0 aliphatic rings. The van der Waals surface area contributed by atoms with E-state index in [-0.39, 0.29) is 11.4 Å². The fourth-order valence-corrected chi connectivity index (χ4v) is 3.44. The SMILES string of the molecule is COC(=O)[C@H](CO)NC(=O)c1cncnc1Nc1ccc(Oc2ccc3c(c2)ncn3C)c(C)c1. The summed E-state index contributed by atoms with van der Waals surface area (Å²) in [5, 5.41) is 14.9. The van der Waals surface area contributed by atoms with Crippen LogP contribution in [-0.4, -0.2) is 56.3 Å². The minimum Gasteiger partial charge on any atom is -0.467 e. The summed E-state index contributed by atoms with van der Waals surface area (Å²) in [4.78, 5) is 36.8. The Kier molecular flexibility index (Phi) is 6.88. The van der Waals surface area contributed by atoms with Gasteiger partial charge in [0.05, 0.1) is 31.1 Å². The maximum Gasteiger partial charge on any atom is 0.330 e. The molecule has 180 valence electrons. The van der Waals surface area contributed by atoms with E-state index in [0.29, 0.717) is 17.2 Å². The van der Waals surface area contributed by atoms with E-state index in [4.69, 9.17) is 4.74 Å². The molecule has 0 saturated carbocycles. The fraction of sp³-hybridized carbons (Fsp3) is 0.208. The third kappa shape index (κ3) is 5.20. The van der Waals surface area contributed by atoms with Crippen LogP contribution in [-0.2, 0) is 16.6 Å². The number of hydrogen-bond acceptors (Lipinski definition) is 9. The van der Waals surface area contributed by atoms with Crippen molar-refractivity contribution in [2.75, 3.05) is 19.0 Å². The number of nitrogens with one attached hydrogen (secondary N) is 2. The molecule has 4 aromatic rings. The van der Waals surface area contributed by atoms with Crippen molar-refractivity contribution in [3.05, 3.63) is 66.4 Å². The molecule has 4 rings (SSSR count). The predicted octanol–water partition coefficient (Wildman–Crippen LogP) is 2.47. The largest absolute Gasteiger partial charge is 0.467 e. The number of methoxy groups -OCH3 is 1. The number of aromatic nitrogens is 4. The van der Waals surface area contributed by atoms with Crippen LogP contribution in [0, 0.1) is 6.92 Å². The van der Waals surface area contributed by atoms with Crippen molar-refractivity contribution >= 4 is 34.4 Å². The summed E-state index contributed by atoms with van der Waals surface area (Å²) in [5.41, 5.74) is 3.45. The number of aliphatic hydroxyl groups is 1. The van der Waals surface area contributed by atoms with Crippen LogP contribution < -0.4 is 15.4 Å². The van der Waals surface area contributed by atoms with Gasteiger partial charge in [0.25, 0.3) is 5.91 Å². The number of ether oxygens (including phenoxy) is 2. The van der Waals surface area contributed by atoms with E-state index >= 15 is 0 Å². The number of amides is 1. The average Bonchev–Trinajstić information content (AvgIpc) is 3.23. The monoisotopic (exact) mass is 476 g/mol. The number of imidazole rings is 1. The normalized spacial score (nSPS) is 11.7. The number of fused-ring (bicyclic) bond motifs is 1. The van der Waals surface area contributed by atoms with Crippen LogP contribution >= 0.6 is 0 Å². The van der Waals surface area contributed by atoms with E-state index in [9.17, 15) is 14.7 Å². The lowest BCUT2D eigenvalue weighted by Crippen LogP contribution is -2.44. The van der Waals surface area contributed by atoms with Crippen LogP contribution in [0.5, 0.6) is 11.5 Å². The molecule has 0 aliphatic carbocycles. The summed E-state index contributed by atoms with van der Waals surface area (Å²) in [5.74, 6) is 0.154. The minimum absolute atomic E-state index is 0.0940. The number of hydrogen-bond donors (Lipinski definition) is 3. The van der Waals surface area contributed by atoms with Gasteiger partial charge in [-0.3, -0.25) is 4.79 Å². The molecule has 0 unspecified atom stereocenters. The molecule has 11 nitrogen and oxygen atoms in total. The molecule has 2 aromatic carbocycles. The molecule has 1 amide bonds. The quantitative estimate of drug-likeness (QED) is 0.327. The van der Waals surface area contributed by atoms with Gasteiger partial charge >= 0.3 is 5.97 Å². The summed E-state index contributed by atoms with van der Waals surface area (Å²) >= 11 is 0. The van der Waals surface area contributed by atoms with Gasteiger partial charge in [-0.2, -0.15) is 0 Å². The zero-order valence-electron chi connectivity index (χ0n) is 19.3. The van der Waals surface area contributed by atoms with Crippen molar-refractivity contribution < 1.29 is 24.2 Å². The maximum atomic E-state index is 12.7. The molecule has 0 aliphatic heterocycles. The number of aliphatic hydroxyl groups excluding tert-OH is 1. The Labute approximate surface area is 200 Å². The molecule has 0 radical (unpaired) electrons. The Balaban J connectivity index is 1.50. The van der Waals surface area contributed by atoms with Gasteiger partial charge in [-0.15, -0.1) is 0 Å². The first kappa shape index (κ1) is 23.6. The van der Waals surface area contributed by atoms with Crippen molar-refractivity contribution in [2.24, 2.45) is 7.05 Å². The highest BCUT2D eigenvalue weighted by molar-refractivity contribution is 6.00. The average molecular weight is 476 g/mol. The Morgan fingerprint density at radius 3 is 2.74 bits per heavy atom. The molecular formula is C24H24N6O5. The molecule has 0 fully saturated rings. The van der Waals surface area contributed by atoms with Gasteiger partial charge in [0.15, 0.2) is 6.04 Å². The van der Waals surface area contributed by atoms with Gasteiger partial charge in [0.1, 0.15) is 29.2 Å². The van der Waals surface area contributed by atoms with Crippen LogP contribution in [0.25, 0.3) is 11.0 Å². The summed E-state index contributed by atoms with van der Waals surface area (Å²) in [6.45, 7) is 1.29. The van der Waals surface area contributed by atoms with Gasteiger partial charge in [-0.25, -0.2) is 19.7 Å². The van der Waals surface area contributed by atoms with Gasteiger partial charge in [0, 0.05) is 25.0 Å². The van der Waals surface area contributed by atoms with Crippen molar-refractivity contribution in [1.29, 1.82) is 0 Å². The Hall–Kier alpha value is -4.51. The predicted molar refractivity (Wildman–Crippen MR) is 128 cm³/mol. The molecule has 0 saturated heterocycles.